The molecule has 0 amide bonds. The summed E-state index contributed by atoms with van der Waals surface area (Å²) >= 11 is 0. The Bertz CT molecular complexity index is 1220. The van der Waals surface area contributed by atoms with Crippen molar-refractivity contribution in [1.29, 1.82) is 0 Å². The number of nitrogens with one attached hydrogen (secondary N) is 1. The van der Waals surface area contributed by atoms with Crippen LogP contribution < -0.4 is 20.5 Å². The molecule has 0 aliphatic heterocycles. The van der Waals surface area contributed by atoms with Crippen LogP contribution >= 0.6 is 24.0 Å². The molecule has 0 unspecified atom stereocenters. The average Bonchev–Trinajstić information content (AvgIpc) is 3.36. The number of aliphatic imine (C=N–C) groups is 1. The summed E-state index contributed by atoms with van der Waals surface area (Å²) in [6.07, 6.45) is 5.57. The number of nitrogens with zero attached hydrogens (tertiary/aromatic N) is 3. The highest BCUT2D eigenvalue weighted by atomic mass is 127. The third kappa shape index (κ3) is 6.28. The zero-order valence-corrected chi connectivity index (χ0v) is 21.5. The first-order valence-corrected chi connectivity index (χ1v) is 10.6. The van der Waals surface area contributed by atoms with Gasteiger partial charge in [-0.2, -0.15) is 0 Å². The van der Waals surface area contributed by atoms with Crippen molar-refractivity contribution in [2.45, 2.75) is 13.1 Å². The van der Waals surface area contributed by atoms with Gasteiger partial charge < -0.3 is 25.1 Å². The monoisotopic (exact) mass is 569 g/mol. The standard InChI is InChI=1S/C26H27N5O2.HI/c1-32-24-12-11-22(15-25(24)33-2)30-26(27)29-16-21-5-3-4-6-23(21)20-9-7-19(8-10-20)17-31-14-13-28-18-31;/h3-15,18H,16-17H2,1-2H3,(H3,27,29,30);1H. The van der Waals surface area contributed by atoms with Crippen molar-refractivity contribution in [3.63, 3.8) is 0 Å². The van der Waals surface area contributed by atoms with E-state index < -0.39 is 0 Å². The number of hydrogen-bond acceptors (Lipinski definition) is 4. The largest absolute Gasteiger partial charge is 0.493 e. The fourth-order valence-electron chi connectivity index (χ4n) is 3.59. The first-order chi connectivity index (χ1) is 16.2. The van der Waals surface area contributed by atoms with Gasteiger partial charge in [-0.15, -0.1) is 24.0 Å². The predicted octanol–water partition coefficient (Wildman–Crippen LogP) is 5.16. The van der Waals surface area contributed by atoms with E-state index in [-0.39, 0.29) is 24.0 Å². The lowest BCUT2D eigenvalue weighted by Gasteiger charge is -2.12. The van der Waals surface area contributed by atoms with Gasteiger partial charge in [0.2, 0.25) is 0 Å². The minimum atomic E-state index is 0. The van der Waals surface area contributed by atoms with Gasteiger partial charge in [0.05, 0.1) is 27.1 Å². The molecule has 34 heavy (non-hydrogen) atoms. The van der Waals surface area contributed by atoms with Crippen LogP contribution in [-0.2, 0) is 13.1 Å². The molecule has 0 bridgehead atoms. The van der Waals surface area contributed by atoms with Crippen molar-refractivity contribution < 1.29 is 9.47 Å². The van der Waals surface area contributed by atoms with Crippen LogP contribution in [0.5, 0.6) is 11.5 Å². The van der Waals surface area contributed by atoms with Crippen LogP contribution in [0.4, 0.5) is 5.69 Å². The summed E-state index contributed by atoms with van der Waals surface area (Å²) in [5.74, 6) is 1.60. The van der Waals surface area contributed by atoms with Crippen molar-refractivity contribution in [3.05, 3.63) is 96.6 Å². The average molecular weight is 569 g/mol. The van der Waals surface area contributed by atoms with Crippen LogP contribution in [0.15, 0.2) is 90.4 Å². The fraction of sp³-hybridized carbons (Fsp3) is 0.154. The van der Waals surface area contributed by atoms with E-state index in [9.17, 15) is 0 Å². The number of nitrogens with two attached hydrogens (primary N) is 1. The van der Waals surface area contributed by atoms with Crippen LogP contribution in [0, 0.1) is 0 Å². The molecule has 7 nitrogen and oxygen atoms in total. The van der Waals surface area contributed by atoms with Gasteiger partial charge in [0.25, 0.3) is 0 Å². The van der Waals surface area contributed by atoms with Crippen LogP contribution in [0.2, 0.25) is 0 Å². The van der Waals surface area contributed by atoms with Gasteiger partial charge in [-0.1, -0.05) is 48.5 Å². The number of benzene rings is 3. The van der Waals surface area contributed by atoms with E-state index in [1.54, 1.807) is 20.4 Å². The summed E-state index contributed by atoms with van der Waals surface area (Å²) in [5.41, 5.74) is 11.5. The van der Waals surface area contributed by atoms with Gasteiger partial charge in [-0.25, -0.2) is 9.98 Å². The molecule has 176 valence electrons. The molecule has 0 radical (unpaired) electrons. The lowest BCUT2D eigenvalue weighted by Crippen LogP contribution is -2.22. The molecule has 0 atom stereocenters. The van der Waals surface area contributed by atoms with Crippen LogP contribution in [-0.4, -0.2) is 29.7 Å². The number of imidazole rings is 1. The minimum Gasteiger partial charge on any atom is -0.493 e. The van der Waals surface area contributed by atoms with Gasteiger partial charge in [-0.3, -0.25) is 0 Å². The molecule has 0 aliphatic carbocycles. The smallest absolute Gasteiger partial charge is 0.193 e. The van der Waals surface area contributed by atoms with Gasteiger partial charge in [0.15, 0.2) is 17.5 Å². The lowest BCUT2D eigenvalue weighted by atomic mass is 9.98. The van der Waals surface area contributed by atoms with Crippen molar-refractivity contribution in [1.82, 2.24) is 9.55 Å². The Kier molecular flexibility index (Phi) is 8.92. The molecular formula is C26H28IN5O2. The zero-order valence-electron chi connectivity index (χ0n) is 19.1. The first kappa shape index (κ1) is 25.1. The summed E-state index contributed by atoms with van der Waals surface area (Å²) in [6, 6.07) is 22.3. The fourth-order valence-corrected chi connectivity index (χ4v) is 3.59. The van der Waals surface area contributed by atoms with Crippen LogP contribution in [0.1, 0.15) is 11.1 Å². The Balaban J connectivity index is 0.00000324. The van der Waals surface area contributed by atoms with E-state index in [2.05, 4.69) is 51.7 Å². The molecule has 4 rings (SSSR count). The molecule has 3 aromatic carbocycles. The molecule has 4 aromatic rings. The van der Waals surface area contributed by atoms with Gasteiger partial charge in [0, 0.05) is 30.7 Å². The zero-order chi connectivity index (χ0) is 23.0. The number of methoxy groups -OCH3 is 2. The number of aromatic nitrogens is 2. The maximum Gasteiger partial charge on any atom is 0.193 e. The summed E-state index contributed by atoms with van der Waals surface area (Å²) in [5, 5.41) is 3.11. The van der Waals surface area contributed by atoms with Crippen molar-refractivity contribution >= 4 is 35.6 Å². The molecule has 0 spiro atoms. The second-order valence-corrected chi connectivity index (χ2v) is 7.49. The molecule has 0 fully saturated rings. The second-order valence-electron chi connectivity index (χ2n) is 7.49. The van der Waals surface area contributed by atoms with E-state index in [1.807, 2.05) is 47.4 Å². The van der Waals surface area contributed by atoms with E-state index in [0.29, 0.717) is 24.0 Å². The van der Waals surface area contributed by atoms with Crippen molar-refractivity contribution in [2.75, 3.05) is 19.5 Å². The Morgan fingerprint density at radius 2 is 1.76 bits per heavy atom. The summed E-state index contributed by atoms with van der Waals surface area (Å²) in [7, 11) is 3.20. The van der Waals surface area contributed by atoms with E-state index in [1.165, 1.54) is 5.56 Å². The Labute approximate surface area is 216 Å². The third-order valence-corrected chi connectivity index (χ3v) is 5.28. The molecule has 1 heterocycles. The maximum absolute atomic E-state index is 6.15. The molecule has 0 saturated carbocycles. The topological polar surface area (TPSA) is 86.7 Å². The lowest BCUT2D eigenvalue weighted by molar-refractivity contribution is 0.355. The maximum atomic E-state index is 6.15. The summed E-state index contributed by atoms with van der Waals surface area (Å²) in [4.78, 5) is 8.64. The number of anilines is 1. The number of ether oxygens (including phenoxy) is 2. The molecule has 1 aromatic heterocycles. The van der Waals surface area contributed by atoms with E-state index >= 15 is 0 Å². The number of halogens is 1. The summed E-state index contributed by atoms with van der Waals surface area (Å²) in [6.45, 7) is 1.25. The highest BCUT2D eigenvalue weighted by molar-refractivity contribution is 14.0. The van der Waals surface area contributed by atoms with Crippen LogP contribution in [0.3, 0.4) is 0 Å². The Morgan fingerprint density at radius 1 is 1.00 bits per heavy atom. The highest BCUT2D eigenvalue weighted by Gasteiger charge is 2.07. The normalized spacial score (nSPS) is 10.9. The molecule has 0 aliphatic rings. The van der Waals surface area contributed by atoms with Gasteiger partial charge in [0.1, 0.15) is 0 Å². The van der Waals surface area contributed by atoms with E-state index in [4.69, 9.17) is 15.2 Å². The number of rotatable bonds is 8. The van der Waals surface area contributed by atoms with Crippen molar-refractivity contribution in [3.8, 4) is 22.6 Å². The molecule has 8 heteroatoms. The number of hydrogen-bond donors (Lipinski definition) is 2. The van der Waals surface area contributed by atoms with Crippen LogP contribution in [0.25, 0.3) is 11.1 Å². The first-order valence-electron chi connectivity index (χ1n) is 10.6. The molecule has 3 N–H and O–H groups in total. The second kappa shape index (κ2) is 12.1. The van der Waals surface area contributed by atoms with Crippen molar-refractivity contribution in [2.24, 2.45) is 10.7 Å². The minimum absolute atomic E-state index is 0. The molecular weight excluding hydrogens is 541 g/mol. The van der Waals surface area contributed by atoms with Gasteiger partial charge >= 0.3 is 0 Å². The Morgan fingerprint density at radius 3 is 2.47 bits per heavy atom. The van der Waals surface area contributed by atoms with E-state index in [0.717, 1.165) is 28.9 Å². The SMILES string of the molecule is COc1ccc(NC(N)=NCc2ccccc2-c2ccc(Cn3ccnc3)cc2)cc1OC.I. The number of guanidine groups is 1. The Hall–Kier alpha value is -3.53. The van der Waals surface area contributed by atoms with Gasteiger partial charge in [-0.05, 0) is 34.4 Å². The quantitative estimate of drug-likeness (QED) is 0.174. The summed E-state index contributed by atoms with van der Waals surface area (Å²) < 4.78 is 12.7. The predicted molar refractivity (Wildman–Crippen MR) is 147 cm³/mol. The molecule has 0 saturated heterocycles. The highest BCUT2D eigenvalue weighted by Crippen LogP contribution is 2.30. The third-order valence-electron chi connectivity index (χ3n) is 5.28.